The predicted molar refractivity (Wildman–Crippen MR) is 77.5 cm³/mol. The molecule has 0 saturated heterocycles. The zero-order chi connectivity index (χ0) is 14.1. The highest BCUT2D eigenvalue weighted by Crippen LogP contribution is 2.35. The van der Waals surface area contributed by atoms with Crippen molar-refractivity contribution in [2.75, 3.05) is 5.43 Å². The van der Waals surface area contributed by atoms with Crippen molar-refractivity contribution in [2.45, 2.75) is 32.8 Å². The van der Waals surface area contributed by atoms with E-state index in [1.807, 2.05) is 25.1 Å². The van der Waals surface area contributed by atoms with Crippen LogP contribution in [0.4, 0.5) is 5.82 Å². The molecule has 1 aliphatic heterocycles. The fourth-order valence-corrected chi connectivity index (χ4v) is 2.54. The minimum Gasteiger partial charge on any atom is -0.482 e. The second kappa shape index (κ2) is 5.09. The second-order valence-corrected chi connectivity index (χ2v) is 4.92. The summed E-state index contributed by atoms with van der Waals surface area (Å²) in [5.74, 6) is 7.83. The Morgan fingerprint density at radius 3 is 2.85 bits per heavy atom. The topological polar surface area (TPSA) is 73.1 Å². The number of benzene rings is 1. The van der Waals surface area contributed by atoms with Crippen molar-refractivity contribution in [3.8, 4) is 5.75 Å². The van der Waals surface area contributed by atoms with Crippen LogP contribution in [0, 0.1) is 6.92 Å². The van der Waals surface area contributed by atoms with Gasteiger partial charge in [0.15, 0.2) is 11.9 Å². The summed E-state index contributed by atoms with van der Waals surface area (Å²) in [5, 5.41) is 0. The fourth-order valence-electron chi connectivity index (χ4n) is 2.54. The first-order valence-electron chi connectivity index (χ1n) is 6.81. The van der Waals surface area contributed by atoms with Crippen LogP contribution in [0.25, 0.3) is 0 Å². The molecule has 0 spiro atoms. The van der Waals surface area contributed by atoms with Gasteiger partial charge in [0.05, 0.1) is 0 Å². The van der Waals surface area contributed by atoms with Crippen molar-refractivity contribution in [3.63, 3.8) is 0 Å². The van der Waals surface area contributed by atoms with E-state index in [4.69, 9.17) is 10.6 Å². The van der Waals surface area contributed by atoms with Crippen LogP contribution < -0.4 is 16.0 Å². The van der Waals surface area contributed by atoms with Gasteiger partial charge in [-0.05, 0) is 25.0 Å². The summed E-state index contributed by atoms with van der Waals surface area (Å²) in [4.78, 5) is 9.12. The third-order valence-electron chi connectivity index (χ3n) is 3.67. The molecule has 104 valence electrons. The van der Waals surface area contributed by atoms with Crippen LogP contribution >= 0.6 is 0 Å². The molecule has 0 amide bonds. The lowest BCUT2D eigenvalue weighted by atomic mass is 10.1. The molecule has 0 saturated carbocycles. The normalized spacial score (nSPS) is 16.6. The van der Waals surface area contributed by atoms with Crippen molar-refractivity contribution in [3.05, 3.63) is 46.9 Å². The average molecular weight is 270 g/mol. The van der Waals surface area contributed by atoms with Gasteiger partial charge in [-0.1, -0.05) is 25.1 Å². The lowest BCUT2D eigenvalue weighted by molar-refractivity contribution is 0.227. The molecule has 5 nitrogen and oxygen atoms in total. The number of ether oxygens (including phenoxy) is 1. The highest BCUT2D eigenvalue weighted by molar-refractivity contribution is 5.46. The summed E-state index contributed by atoms with van der Waals surface area (Å²) in [6.45, 7) is 4.05. The molecule has 2 heterocycles. The van der Waals surface area contributed by atoms with E-state index in [2.05, 4.69) is 28.4 Å². The molecule has 3 N–H and O–H groups in total. The van der Waals surface area contributed by atoms with Crippen molar-refractivity contribution in [2.24, 2.45) is 5.84 Å². The van der Waals surface area contributed by atoms with Crippen LogP contribution in [0.3, 0.4) is 0 Å². The van der Waals surface area contributed by atoms with E-state index in [-0.39, 0.29) is 6.10 Å². The first-order valence-corrected chi connectivity index (χ1v) is 6.81. The van der Waals surface area contributed by atoms with E-state index in [1.54, 1.807) is 0 Å². The summed E-state index contributed by atoms with van der Waals surface area (Å²) >= 11 is 0. The minimum absolute atomic E-state index is 0.134. The van der Waals surface area contributed by atoms with Crippen LogP contribution in [0.2, 0.25) is 0 Å². The summed E-state index contributed by atoms with van der Waals surface area (Å²) in [5.41, 5.74) is 5.84. The molecule has 1 atom stereocenters. The van der Waals surface area contributed by atoms with Gasteiger partial charge in [0, 0.05) is 17.7 Å². The van der Waals surface area contributed by atoms with Gasteiger partial charge < -0.3 is 10.2 Å². The Morgan fingerprint density at radius 1 is 1.35 bits per heavy atom. The van der Waals surface area contributed by atoms with Gasteiger partial charge in [-0.3, -0.25) is 0 Å². The highest BCUT2D eigenvalue weighted by atomic mass is 16.5. The summed E-state index contributed by atoms with van der Waals surface area (Å²) in [6.07, 6.45) is 1.51. The predicted octanol–water partition coefficient (Wildman–Crippen LogP) is 2.31. The minimum atomic E-state index is -0.134. The average Bonchev–Trinajstić information content (AvgIpc) is 2.91. The van der Waals surface area contributed by atoms with E-state index in [0.717, 1.165) is 29.8 Å². The molecular formula is C15H18N4O. The maximum atomic E-state index is 5.94. The number of anilines is 1. The monoisotopic (exact) mass is 270 g/mol. The smallest absolute Gasteiger partial charge is 0.172 e. The number of fused-ring (bicyclic) bond motifs is 1. The van der Waals surface area contributed by atoms with E-state index >= 15 is 0 Å². The largest absolute Gasteiger partial charge is 0.482 e. The first kappa shape index (κ1) is 12.9. The lowest BCUT2D eigenvalue weighted by Crippen LogP contribution is -2.17. The number of nitrogens with one attached hydrogen (secondary N) is 1. The molecule has 2 aromatic rings. The zero-order valence-electron chi connectivity index (χ0n) is 11.7. The van der Waals surface area contributed by atoms with E-state index in [1.165, 1.54) is 5.56 Å². The highest BCUT2D eigenvalue weighted by Gasteiger charge is 2.27. The van der Waals surface area contributed by atoms with Crippen molar-refractivity contribution >= 4 is 5.82 Å². The van der Waals surface area contributed by atoms with Crippen LogP contribution in [-0.2, 0) is 12.8 Å². The Morgan fingerprint density at radius 2 is 2.15 bits per heavy atom. The van der Waals surface area contributed by atoms with Crippen molar-refractivity contribution in [1.82, 2.24) is 9.97 Å². The molecule has 1 aromatic heterocycles. The van der Waals surface area contributed by atoms with Gasteiger partial charge in [-0.15, -0.1) is 0 Å². The summed E-state index contributed by atoms with van der Waals surface area (Å²) < 4.78 is 5.94. The maximum absolute atomic E-state index is 5.94. The maximum Gasteiger partial charge on any atom is 0.172 e. The van der Waals surface area contributed by atoms with Crippen LogP contribution in [0.15, 0.2) is 24.3 Å². The number of hydrogen-bond donors (Lipinski definition) is 2. The lowest BCUT2D eigenvalue weighted by Gasteiger charge is -2.14. The number of aryl methyl sites for hydroxylation is 1. The number of nitrogens with two attached hydrogens (primary N) is 1. The molecule has 20 heavy (non-hydrogen) atoms. The Hall–Kier alpha value is -2.14. The number of rotatable bonds is 3. The molecule has 0 bridgehead atoms. The SMILES string of the molecule is CCc1nc(C2Cc3ccccc3O2)nc(NN)c1C. The number of hydrogen-bond acceptors (Lipinski definition) is 5. The molecule has 0 aliphatic carbocycles. The summed E-state index contributed by atoms with van der Waals surface area (Å²) in [7, 11) is 0. The third-order valence-corrected chi connectivity index (χ3v) is 3.67. The van der Waals surface area contributed by atoms with E-state index in [0.29, 0.717) is 11.6 Å². The number of aromatic nitrogens is 2. The van der Waals surface area contributed by atoms with Gasteiger partial charge in [-0.2, -0.15) is 0 Å². The standard InChI is InChI=1S/C15H18N4O/c1-3-11-9(2)14(19-16)18-15(17-11)13-8-10-6-4-5-7-12(10)20-13/h4-7,13H,3,8,16H2,1-2H3,(H,17,18,19). The van der Waals surface area contributed by atoms with Gasteiger partial charge in [-0.25, -0.2) is 15.8 Å². The van der Waals surface area contributed by atoms with Gasteiger partial charge in [0.1, 0.15) is 11.6 Å². The van der Waals surface area contributed by atoms with Crippen LogP contribution in [0.1, 0.15) is 35.7 Å². The van der Waals surface area contributed by atoms with Crippen LogP contribution in [-0.4, -0.2) is 9.97 Å². The first-order chi connectivity index (χ1) is 9.72. The molecule has 1 unspecified atom stereocenters. The summed E-state index contributed by atoms with van der Waals surface area (Å²) in [6, 6.07) is 8.05. The van der Waals surface area contributed by atoms with Crippen molar-refractivity contribution < 1.29 is 4.74 Å². The number of hydrazine groups is 1. The van der Waals surface area contributed by atoms with Crippen LogP contribution in [0.5, 0.6) is 5.75 Å². The Labute approximate surface area is 118 Å². The fraction of sp³-hybridized carbons (Fsp3) is 0.333. The molecule has 0 fully saturated rings. The van der Waals surface area contributed by atoms with E-state index < -0.39 is 0 Å². The molecule has 1 aliphatic rings. The number of para-hydroxylation sites is 1. The second-order valence-electron chi connectivity index (χ2n) is 4.92. The zero-order valence-corrected chi connectivity index (χ0v) is 11.7. The Bertz CT molecular complexity index is 592. The third kappa shape index (κ3) is 2.10. The Balaban J connectivity index is 1.96. The van der Waals surface area contributed by atoms with Gasteiger partial charge in [0.2, 0.25) is 0 Å². The molecule has 3 rings (SSSR count). The molecular weight excluding hydrogens is 252 g/mol. The van der Waals surface area contributed by atoms with Crippen molar-refractivity contribution in [1.29, 1.82) is 0 Å². The molecule has 1 aromatic carbocycles. The Kier molecular flexibility index (Phi) is 3.28. The number of nitrogen functional groups attached to an aromatic ring is 1. The van der Waals surface area contributed by atoms with E-state index in [9.17, 15) is 0 Å². The van der Waals surface area contributed by atoms with Gasteiger partial charge >= 0.3 is 0 Å². The quantitative estimate of drug-likeness (QED) is 0.661. The molecule has 0 radical (unpaired) electrons. The van der Waals surface area contributed by atoms with Gasteiger partial charge in [0.25, 0.3) is 0 Å². The molecule has 5 heteroatoms. The number of nitrogens with zero attached hydrogens (tertiary/aromatic N) is 2.